The molecule has 0 radical (unpaired) electrons. The summed E-state index contributed by atoms with van der Waals surface area (Å²) in [5, 5.41) is 18.9. The van der Waals surface area contributed by atoms with E-state index in [0.717, 1.165) is 12.0 Å². The molecule has 1 aromatic carbocycles. The molecule has 2 heterocycles. The predicted octanol–water partition coefficient (Wildman–Crippen LogP) is 1.88. The Balaban J connectivity index is 1.95. The van der Waals surface area contributed by atoms with Crippen LogP contribution in [0.15, 0.2) is 24.3 Å². The maximum absolute atomic E-state index is 12.3. The first-order valence-corrected chi connectivity index (χ1v) is 8.52. The van der Waals surface area contributed by atoms with Crippen molar-refractivity contribution in [3.8, 4) is 6.07 Å². The molecule has 2 bridgehead atoms. The fourth-order valence-corrected chi connectivity index (χ4v) is 6.09. The van der Waals surface area contributed by atoms with E-state index in [1.54, 1.807) is 24.3 Å². The van der Waals surface area contributed by atoms with Gasteiger partial charge < -0.3 is 5.11 Å². The lowest BCUT2D eigenvalue weighted by molar-refractivity contribution is 0.00501. The summed E-state index contributed by atoms with van der Waals surface area (Å²) in [5.74, 6) is 0. The van der Waals surface area contributed by atoms with E-state index < -0.39 is 25.9 Å². The molecule has 0 amide bonds. The Bertz CT molecular complexity index is 637. The first-order chi connectivity index (χ1) is 9.45. The lowest BCUT2D eigenvalue weighted by atomic mass is 9.80. The molecule has 0 spiro atoms. The molecule has 3 rings (SSSR count). The van der Waals surface area contributed by atoms with Gasteiger partial charge in [0.2, 0.25) is 0 Å². The van der Waals surface area contributed by atoms with Crippen LogP contribution in [0.2, 0.25) is 0 Å². The fourth-order valence-electron chi connectivity index (χ4n) is 3.54. The van der Waals surface area contributed by atoms with E-state index in [4.69, 9.17) is 5.26 Å². The molecule has 1 N–H and O–H groups in total. The Labute approximate surface area is 119 Å². The number of aliphatic hydroxyl groups is 1. The van der Waals surface area contributed by atoms with Crippen molar-refractivity contribution in [2.24, 2.45) is 0 Å². The highest BCUT2D eigenvalue weighted by molar-refractivity contribution is 7.92. The minimum Gasteiger partial charge on any atom is -0.385 e. The average molecular weight is 291 g/mol. The van der Waals surface area contributed by atoms with Crippen molar-refractivity contribution in [3.63, 3.8) is 0 Å². The second-order valence-electron chi connectivity index (χ2n) is 5.89. The maximum atomic E-state index is 12.3. The summed E-state index contributed by atoms with van der Waals surface area (Å²) in [7, 11) is -3.07. The highest BCUT2D eigenvalue weighted by Crippen LogP contribution is 2.45. The lowest BCUT2D eigenvalue weighted by Gasteiger charge is -2.44. The number of rotatable bonds is 1. The number of benzene rings is 1. The van der Waals surface area contributed by atoms with Crippen molar-refractivity contribution >= 4 is 9.84 Å². The first-order valence-electron chi connectivity index (χ1n) is 6.91. The molecule has 20 heavy (non-hydrogen) atoms. The molecule has 2 aliphatic rings. The van der Waals surface area contributed by atoms with Gasteiger partial charge in [-0.3, -0.25) is 0 Å². The van der Waals surface area contributed by atoms with E-state index in [9.17, 15) is 13.5 Å². The van der Waals surface area contributed by atoms with Gasteiger partial charge >= 0.3 is 0 Å². The van der Waals surface area contributed by atoms with E-state index in [2.05, 4.69) is 0 Å². The Hall–Kier alpha value is -1.38. The second kappa shape index (κ2) is 4.57. The summed E-state index contributed by atoms with van der Waals surface area (Å²) in [4.78, 5) is 0. The van der Waals surface area contributed by atoms with Crippen molar-refractivity contribution < 1.29 is 13.5 Å². The molecule has 2 unspecified atom stereocenters. The number of nitriles is 1. The predicted molar refractivity (Wildman–Crippen MR) is 74.6 cm³/mol. The van der Waals surface area contributed by atoms with Crippen LogP contribution in [0.4, 0.5) is 0 Å². The van der Waals surface area contributed by atoms with E-state index in [1.165, 1.54) is 0 Å². The Kier molecular flexibility index (Phi) is 3.11. The molecule has 2 aliphatic heterocycles. The van der Waals surface area contributed by atoms with Crippen LogP contribution in [0, 0.1) is 11.3 Å². The zero-order valence-corrected chi connectivity index (χ0v) is 11.9. The van der Waals surface area contributed by atoms with Gasteiger partial charge in [-0.25, -0.2) is 8.42 Å². The van der Waals surface area contributed by atoms with Crippen molar-refractivity contribution in [1.82, 2.24) is 0 Å². The van der Waals surface area contributed by atoms with E-state index >= 15 is 0 Å². The van der Waals surface area contributed by atoms with Gasteiger partial charge in [0.1, 0.15) is 0 Å². The van der Waals surface area contributed by atoms with Crippen LogP contribution in [0.3, 0.4) is 0 Å². The lowest BCUT2D eigenvalue weighted by Crippen LogP contribution is -2.50. The zero-order valence-electron chi connectivity index (χ0n) is 11.1. The molecule has 2 fully saturated rings. The van der Waals surface area contributed by atoms with E-state index in [0.29, 0.717) is 18.4 Å². The van der Waals surface area contributed by atoms with Gasteiger partial charge in [-0.2, -0.15) is 5.26 Å². The first kappa shape index (κ1) is 13.6. The van der Waals surface area contributed by atoms with Crippen molar-refractivity contribution in [1.29, 1.82) is 5.26 Å². The number of hydrogen-bond donors (Lipinski definition) is 1. The molecule has 106 valence electrons. The number of hydrogen-bond acceptors (Lipinski definition) is 4. The molecule has 0 aliphatic carbocycles. The molecule has 1 aromatic rings. The maximum Gasteiger partial charge on any atom is 0.156 e. The Morgan fingerprint density at radius 3 is 2.20 bits per heavy atom. The van der Waals surface area contributed by atoms with Gasteiger partial charge in [0, 0.05) is 0 Å². The zero-order chi connectivity index (χ0) is 14.4. The number of fused-ring (bicyclic) bond motifs is 2. The third-order valence-electron chi connectivity index (χ3n) is 4.66. The number of sulfone groups is 1. The average Bonchev–Trinajstić information content (AvgIpc) is 2.41. The summed E-state index contributed by atoms with van der Waals surface area (Å²) in [6, 6.07) is 8.88. The standard InChI is InChI=1S/C15H17NO3S/c16-10-11-4-6-12(7-5-11)15(17)8-13-2-1-3-14(9-15)20(13,18)19/h4-7,13-14,17H,1-3,8-9H2. The molecular weight excluding hydrogens is 274 g/mol. The molecule has 2 atom stereocenters. The van der Waals surface area contributed by atoms with Crippen molar-refractivity contribution in [2.45, 2.75) is 48.2 Å². The van der Waals surface area contributed by atoms with E-state index in [1.807, 2.05) is 6.07 Å². The molecule has 4 nitrogen and oxygen atoms in total. The van der Waals surface area contributed by atoms with Crippen LogP contribution in [-0.4, -0.2) is 24.0 Å². The SMILES string of the molecule is N#Cc1ccc(C2(O)CC3CCCC(C2)S3(=O)=O)cc1. The van der Waals surface area contributed by atoms with Gasteiger partial charge in [-0.1, -0.05) is 18.6 Å². The monoisotopic (exact) mass is 291 g/mol. The van der Waals surface area contributed by atoms with Gasteiger partial charge in [-0.05, 0) is 43.4 Å². The third-order valence-corrected chi connectivity index (χ3v) is 7.33. The summed E-state index contributed by atoms with van der Waals surface area (Å²) < 4.78 is 24.5. The summed E-state index contributed by atoms with van der Waals surface area (Å²) >= 11 is 0. The van der Waals surface area contributed by atoms with Crippen LogP contribution < -0.4 is 0 Å². The highest BCUT2D eigenvalue weighted by Gasteiger charge is 2.50. The molecule has 0 saturated carbocycles. The molecular formula is C15H17NO3S. The van der Waals surface area contributed by atoms with E-state index in [-0.39, 0.29) is 12.8 Å². The van der Waals surface area contributed by atoms with Crippen LogP contribution >= 0.6 is 0 Å². The highest BCUT2D eigenvalue weighted by atomic mass is 32.2. The van der Waals surface area contributed by atoms with Gasteiger partial charge in [0.25, 0.3) is 0 Å². The van der Waals surface area contributed by atoms with Crippen LogP contribution in [0.5, 0.6) is 0 Å². The fraction of sp³-hybridized carbons (Fsp3) is 0.533. The van der Waals surface area contributed by atoms with Crippen molar-refractivity contribution in [2.75, 3.05) is 0 Å². The molecule has 0 aromatic heterocycles. The summed E-state index contributed by atoms with van der Waals surface area (Å²) in [6.07, 6.45) is 2.78. The largest absolute Gasteiger partial charge is 0.385 e. The number of nitrogens with zero attached hydrogens (tertiary/aromatic N) is 1. The van der Waals surface area contributed by atoms with Gasteiger partial charge in [0.15, 0.2) is 9.84 Å². The van der Waals surface area contributed by atoms with Crippen LogP contribution in [-0.2, 0) is 15.4 Å². The minimum absolute atomic E-state index is 0.276. The topological polar surface area (TPSA) is 78.2 Å². The van der Waals surface area contributed by atoms with Gasteiger partial charge in [-0.15, -0.1) is 0 Å². The minimum atomic E-state index is -3.07. The Morgan fingerprint density at radius 1 is 1.15 bits per heavy atom. The Morgan fingerprint density at radius 2 is 1.70 bits per heavy atom. The van der Waals surface area contributed by atoms with Crippen LogP contribution in [0.25, 0.3) is 0 Å². The van der Waals surface area contributed by atoms with Gasteiger partial charge in [0.05, 0.1) is 27.7 Å². The second-order valence-corrected chi connectivity index (χ2v) is 8.40. The quantitative estimate of drug-likeness (QED) is 0.857. The normalized spacial score (nSPS) is 35.2. The molecule has 2 saturated heterocycles. The third kappa shape index (κ3) is 2.04. The summed E-state index contributed by atoms with van der Waals surface area (Å²) in [5.41, 5.74) is 0.194. The molecule has 5 heteroatoms. The van der Waals surface area contributed by atoms with Crippen molar-refractivity contribution in [3.05, 3.63) is 35.4 Å². The summed E-state index contributed by atoms with van der Waals surface area (Å²) in [6.45, 7) is 0. The smallest absolute Gasteiger partial charge is 0.156 e. The van der Waals surface area contributed by atoms with Crippen LogP contribution in [0.1, 0.15) is 43.2 Å².